The summed E-state index contributed by atoms with van der Waals surface area (Å²) in [4.78, 5) is 17.0. The molecule has 0 spiro atoms. The molecule has 6 heteroatoms. The molecule has 1 aliphatic rings. The zero-order valence-corrected chi connectivity index (χ0v) is 13.4. The molecule has 0 atom stereocenters. The Morgan fingerprint density at radius 2 is 2.00 bits per heavy atom. The van der Waals surface area contributed by atoms with Crippen LogP contribution in [0.25, 0.3) is 0 Å². The zero-order valence-electron chi connectivity index (χ0n) is 12.6. The highest BCUT2D eigenvalue weighted by molar-refractivity contribution is 7.09. The molecular formula is C16H18N2O3S. The van der Waals surface area contributed by atoms with E-state index in [4.69, 9.17) is 9.47 Å². The number of hydrogen-bond donors (Lipinski definition) is 1. The van der Waals surface area contributed by atoms with Crippen LogP contribution in [0.15, 0.2) is 23.6 Å². The molecule has 5 nitrogen and oxygen atoms in total. The molecule has 0 aliphatic heterocycles. The molecule has 0 saturated heterocycles. The van der Waals surface area contributed by atoms with Gasteiger partial charge in [-0.05, 0) is 25.0 Å². The minimum atomic E-state index is -0.227. The highest BCUT2D eigenvalue weighted by Gasteiger charge is 2.26. The summed E-state index contributed by atoms with van der Waals surface area (Å²) >= 11 is 1.67. The van der Waals surface area contributed by atoms with Crippen molar-refractivity contribution in [2.45, 2.75) is 25.3 Å². The molecule has 1 aliphatic carbocycles. The summed E-state index contributed by atoms with van der Waals surface area (Å²) in [5, 5.41) is 6.07. The van der Waals surface area contributed by atoms with E-state index in [2.05, 4.69) is 10.3 Å². The topological polar surface area (TPSA) is 60.5 Å². The third-order valence-corrected chi connectivity index (χ3v) is 4.64. The summed E-state index contributed by atoms with van der Waals surface area (Å²) in [6.45, 7) is 0.406. The number of carbonyl (C=O) groups excluding carboxylic acids is 1. The van der Waals surface area contributed by atoms with Crippen molar-refractivity contribution in [3.63, 3.8) is 0 Å². The van der Waals surface area contributed by atoms with Crippen molar-refractivity contribution >= 4 is 17.2 Å². The molecule has 1 N–H and O–H groups in total. The van der Waals surface area contributed by atoms with Gasteiger partial charge in [-0.15, -0.1) is 11.3 Å². The van der Waals surface area contributed by atoms with Gasteiger partial charge in [0.1, 0.15) is 17.1 Å². The number of nitrogens with one attached hydrogen (secondary N) is 1. The second-order valence-corrected chi connectivity index (χ2v) is 6.06. The number of rotatable bonds is 6. The Labute approximate surface area is 133 Å². The van der Waals surface area contributed by atoms with Gasteiger partial charge in [0.2, 0.25) is 0 Å². The van der Waals surface area contributed by atoms with Gasteiger partial charge in [-0.2, -0.15) is 0 Å². The third-order valence-electron chi connectivity index (χ3n) is 3.58. The van der Waals surface area contributed by atoms with Gasteiger partial charge in [0.05, 0.1) is 31.5 Å². The van der Waals surface area contributed by atoms with Crippen LogP contribution in [0, 0.1) is 0 Å². The van der Waals surface area contributed by atoms with Crippen LogP contribution in [0.4, 0.5) is 0 Å². The first kappa shape index (κ1) is 14.8. The lowest BCUT2D eigenvalue weighted by atomic mass is 10.1. The van der Waals surface area contributed by atoms with Crippen molar-refractivity contribution < 1.29 is 14.3 Å². The molecule has 0 radical (unpaired) electrons. The van der Waals surface area contributed by atoms with Crippen molar-refractivity contribution in [1.29, 1.82) is 0 Å². The highest BCUT2D eigenvalue weighted by Crippen LogP contribution is 2.41. The van der Waals surface area contributed by atoms with Gasteiger partial charge in [0, 0.05) is 11.3 Å². The summed E-state index contributed by atoms with van der Waals surface area (Å²) in [7, 11) is 3.07. The van der Waals surface area contributed by atoms with Gasteiger partial charge < -0.3 is 14.8 Å². The molecule has 116 valence electrons. The van der Waals surface area contributed by atoms with E-state index in [1.807, 2.05) is 5.38 Å². The molecule has 0 bridgehead atoms. The average Bonchev–Trinajstić information content (AvgIpc) is 3.30. The molecule has 1 aromatic heterocycles. The van der Waals surface area contributed by atoms with E-state index in [1.165, 1.54) is 32.1 Å². The van der Waals surface area contributed by atoms with Crippen LogP contribution in [-0.4, -0.2) is 25.1 Å². The van der Waals surface area contributed by atoms with E-state index >= 15 is 0 Å². The third kappa shape index (κ3) is 3.06. The monoisotopic (exact) mass is 318 g/mol. The summed E-state index contributed by atoms with van der Waals surface area (Å²) in [5.41, 5.74) is 1.30. The Morgan fingerprint density at radius 1 is 1.32 bits per heavy atom. The lowest BCUT2D eigenvalue weighted by Crippen LogP contribution is -2.24. The first-order valence-corrected chi connectivity index (χ1v) is 8.04. The largest absolute Gasteiger partial charge is 0.496 e. The number of aromatic nitrogens is 1. The quantitative estimate of drug-likeness (QED) is 0.889. The standard InChI is InChI=1S/C16H18N2O3S/c1-20-12-4-3-5-13(21-2)14(12)15(19)17-8-11-9-22-16(18-11)10-6-7-10/h3-5,9-10H,6-8H2,1-2H3,(H,17,19). The molecule has 0 unspecified atom stereocenters. The SMILES string of the molecule is COc1cccc(OC)c1C(=O)NCc1csc(C2CC2)n1. The van der Waals surface area contributed by atoms with Crippen molar-refractivity contribution in [2.75, 3.05) is 14.2 Å². The maximum Gasteiger partial charge on any atom is 0.259 e. The Kier molecular flexibility index (Phi) is 4.29. The minimum absolute atomic E-state index is 0.227. The molecule has 2 aromatic rings. The fourth-order valence-electron chi connectivity index (χ4n) is 2.26. The van der Waals surface area contributed by atoms with Gasteiger partial charge in [-0.3, -0.25) is 4.79 Å². The first-order chi connectivity index (χ1) is 10.7. The van der Waals surface area contributed by atoms with E-state index in [-0.39, 0.29) is 5.91 Å². The first-order valence-electron chi connectivity index (χ1n) is 7.16. The molecular weight excluding hydrogens is 300 g/mol. The number of benzene rings is 1. The van der Waals surface area contributed by atoms with Crippen molar-refractivity contribution in [2.24, 2.45) is 0 Å². The van der Waals surface area contributed by atoms with Crippen molar-refractivity contribution in [1.82, 2.24) is 10.3 Å². The predicted molar refractivity (Wildman–Crippen MR) is 84.8 cm³/mol. The maximum atomic E-state index is 12.4. The maximum absolute atomic E-state index is 12.4. The van der Waals surface area contributed by atoms with E-state index in [9.17, 15) is 4.79 Å². The average molecular weight is 318 g/mol. The second-order valence-electron chi connectivity index (χ2n) is 5.17. The van der Waals surface area contributed by atoms with Crippen LogP contribution >= 0.6 is 11.3 Å². The number of methoxy groups -OCH3 is 2. The van der Waals surface area contributed by atoms with Crippen LogP contribution in [0.2, 0.25) is 0 Å². The van der Waals surface area contributed by atoms with Crippen LogP contribution in [0.5, 0.6) is 11.5 Å². The fourth-order valence-corrected chi connectivity index (χ4v) is 3.25. The Morgan fingerprint density at radius 3 is 2.59 bits per heavy atom. The van der Waals surface area contributed by atoms with E-state index in [1.54, 1.807) is 29.5 Å². The van der Waals surface area contributed by atoms with Crippen LogP contribution in [-0.2, 0) is 6.54 Å². The lowest BCUT2D eigenvalue weighted by Gasteiger charge is -2.12. The summed E-state index contributed by atoms with van der Waals surface area (Å²) < 4.78 is 10.5. The van der Waals surface area contributed by atoms with Crippen LogP contribution in [0.1, 0.15) is 39.8 Å². The molecule has 1 heterocycles. The minimum Gasteiger partial charge on any atom is -0.496 e. The number of thiazole rings is 1. The summed E-state index contributed by atoms with van der Waals surface area (Å²) in [5.74, 6) is 1.40. The van der Waals surface area contributed by atoms with Gasteiger partial charge in [0.25, 0.3) is 5.91 Å². The lowest BCUT2D eigenvalue weighted by molar-refractivity contribution is 0.0944. The molecule has 1 saturated carbocycles. The van der Waals surface area contributed by atoms with E-state index in [0.29, 0.717) is 29.5 Å². The molecule has 22 heavy (non-hydrogen) atoms. The van der Waals surface area contributed by atoms with Gasteiger partial charge in [-0.1, -0.05) is 6.07 Å². The highest BCUT2D eigenvalue weighted by atomic mass is 32.1. The van der Waals surface area contributed by atoms with Gasteiger partial charge in [-0.25, -0.2) is 4.98 Å². The number of nitrogens with zero attached hydrogens (tertiary/aromatic N) is 1. The van der Waals surface area contributed by atoms with Crippen molar-refractivity contribution in [3.8, 4) is 11.5 Å². The predicted octanol–water partition coefficient (Wildman–Crippen LogP) is 2.97. The van der Waals surface area contributed by atoms with Gasteiger partial charge >= 0.3 is 0 Å². The number of amides is 1. The Hall–Kier alpha value is -2.08. The fraction of sp³-hybridized carbons (Fsp3) is 0.375. The van der Waals surface area contributed by atoms with Crippen LogP contribution in [0.3, 0.4) is 0 Å². The van der Waals surface area contributed by atoms with Crippen LogP contribution < -0.4 is 14.8 Å². The van der Waals surface area contributed by atoms with E-state index in [0.717, 1.165) is 5.69 Å². The summed E-state index contributed by atoms with van der Waals surface area (Å²) in [6, 6.07) is 5.27. The molecule has 1 aromatic carbocycles. The normalized spacial score (nSPS) is 13.7. The summed E-state index contributed by atoms with van der Waals surface area (Å²) in [6.07, 6.45) is 2.47. The number of ether oxygens (including phenoxy) is 2. The molecule has 3 rings (SSSR count). The Bertz CT molecular complexity index is 658. The van der Waals surface area contributed by atoms with Crippen molar-refractivity contribution in [3.05, 3.63) is 39.8 Å². The second kappa shape index (κ2) is 6.36. The van der Waals surface area contributed by atoms with Gasteiger partial charge in [0.15, 0.2) is 0 Å². The zero-order chi connectivity index (χ0) is 15.5. The smallest absolute Gasteiger partial charge is 0.259 e. The van der Waals surface area contributed by atoms with E-state index < -0.39 is 0 Å². The molecule has 1 amide bonds. The number of carbonyl (C=O) groups is 1. The Balaban J connectivity index is 1.70. The molecule has 1 fully saturated rings. The number of hydrogen-bond acceptors (Lipinski definition) is 5.